The third-order valence-corrected chi connectivity index (χ3v) is 2.75. The van der Waals surface area contributed by atoms with E-state index >= 15 is 0 Å². The number of hydrogen-bond acceptors (Lipinski definition) is 2. The van der Waals surface area contributed by atoms with E-state index < -0.39 is 11.9 Å². The minimum absolute atomic E-state index is 0.238. The fourth-order valence-corrected chi connectivity index (χ4v) is 1.82. The molecule has 1 atom stereocenters. The summed E-state index contributed by atoms with van der Waals surface area (Å²) in [6, 6.07) is 7.88. The first-order valence-electron chi connectivity index (χ1n) is 4.71. The number of nitrogens with zero attached hydrogens (tertiary/aromatic N) is 1. The molecule has 0 radical (unpaired) electrons. The van der Waals surface area contributed by atoms with Gasteiger partial charge >= 0.3 is 0 Å². The molecule has 82 valence electrons. The molecule has 0 saturated carbocycles. The van der Waals surface area contributed by atoms with E-state index in [4.69, 9.17) is 0 Å². The monoisotopic (exact) mass is 281 g/mol. The normalized spacial score (nSPS) is 12.4. The van der Waals surface area contributed by atoms with Crippen LogP contribution in [0.1, 0.15) is 17.2 Å². The van der Waals surface area contributed by atoms with Crippen LogP contribution in [0.2, 0.25) is 0 Å². The fraction of sp³-hybridized carbons (Fsp3) is 0.0833. The van der Waals surface area contributed by atoms with Crippen molar-refractivity contribution in [2.24, 2.45) is 0 Å². The van der Waals surface area contributed by atoms with Gasteiger partial charge < -0.3 is 5.11 Å². The number of pyridine rings is 1. The molecule has 0 aliphatic rings. The fourth-order valence-electron chi connectivity index (χ4n) is 1.44. The van der Waals surface area contributed by atoms with E-state index in [9.17, 15) is 9.50 Å². The van der Waals surface area contributed by atoms with Crippen LogP contribution < -0.4 is 0 Å². The number of aliphatic hydroxyl groups excluding tert-OH is 1. The van der Waals surface area contributed by atoms with Crippen LogP contribution in [0.5, 0.6) is 0 Å². The quantitative estimate of drug-likeness (QED) is 0.918. The second-order valence-corrected chi connectivity index (χ2v) is 4.27. The number of aromatic nitrogens is 1. The predicted molar refractivity (Wildman–Crippen MR) is 62.4 cm³/mol. The zero-order valence-electron chi connectivity index (χ0n) is 8.27. The molecule has 4 heteroatoms. The summed E-state index contributed by atoms with van der Waals surface area (Å²) < 4.78 is 14.2. The molecule has 0 aliphatic carbocycles. The van der Waals surface area contributed by atoms with Crippen LogP contribution in [0, 0.1) is 5.82 Å². The lowest BCUT2D eigenvalue weighted by Gasteiger charge is -2.12. The number of benzene rings is 1. The molecular formula is C12H9BrFNO. The zero-order chi connectivity index (χ0) is 11.5. The lowest BCUT2D eigenvalue weighted by Crippen LogP contribution is -2.02. The Morgan fingerprint density at radius 3 is 2.81 bits per heavy atom. The van der Waals surface area contributed by atoms with Crippen molar-refractivity contribution in [2.45, 2.75) is 6.10 Å². The van der Waals surface area contributed by atoms with Gasteiger partial charge in [0.2, 0.25) is 0 Å². The number of halogens is 2. The van der Waals surface area contributed by atoms with Crippen LogP contribution in [-0.2, 0) is 0 Å². The van der Waals surface area contributed by atoms with Gasteiger partial charge in [0.25, 0.3) is 0 Å². The molecule has 0 bridgehead atoms. The number of hydrogen-bond donors (Lipinski definition) is 1. The van der Waals surface area contributed by atoms with E-state index in [1.54, 1.807) is 30.5 Å². The highest BCUT2D eigenvalue weighted by Crippen LogP contribution is 2.26. The van der Waals surface area contributed by atoms with Gasteiger partial charge in [-0.1, -0.05) is 22.0 Å². The van der Waals surface area contributed by atoms with Gasteiger partial charge in [-0.15, -0.1) is 0 Å². The maximum Gasteiger partial charge on any atom is 0.129 e. The maximum atomic E-state index is 13.5. The zero-order valence-corrected chi connectivity index (χ0v) is 9.86. The predicted octanol–water partition coefficient (Wildman–Crippen LogP) is 3.06. The van der Waals surface area contributed by atoms with E-state index in [1.165, 1.54) is 12.3 Å². The summed E-state index contributed by atoms with van der Waals surface area (Å²) in [4.78, 5) is 3.89. The highest BCUT2D eigenvalue weighted by Gasteiger charge is 2.15. The van der Waals surface area contributed by atoms with E-state index in [0.717, 1.165) is 4.47 Å². The highest BCUT2D eigenvalue weighted by molar-refractivity contribution is 9.10. The summed E-state index contributed by atoms with van der Waals surface area (Å²) in [6.07, 6.45) is 2.13. The van der Waals surface area contributed by atoms with Gasteiger partial charge in [0.05, 0.1) is 0 Å². The molecule has 2 nitrogen and oxygen atoms in total. The third kappa shape index (κ3) is 2.28. The Morgan fingerprint density at radius 1 is 1.31 bits per heavy atom. The van der Waals surface area contributed by atoms with Gasteiger partial charge in [-0.3, -0.25) is 4.98 Å². The Balaban J connectivity index is 2.41. The summed E-state index contributed by atoms with van der Waals surface area (Å²) in [5.41, 5.74) is 0.807. The molecule has 16 heavy (non-hydrogen) atoms. The topological polar surface area (TPSA) is 33.1 Å². The lowest BCUT2D eigenvalue weighted by atomic mass is 10.0. The van der Waals surface area contributed by atoms with Gasteiger partial charge in [-0.2, -0.15) is 0 Å². The molecule has 1 aromatic heterocycles. The molecule has 0 aliphatic heterocycles. The summed E-state index contributed by atoms with van der Waals surface area (Å²) in [7, 11) is 0. The van der Waals surface area contributed by atoms with E-state index in [1.807, 2.05) is 0 Å². The Hall–Kier alpha value is -1.26. The molecule has 1 N–H and O–H groups in total. The molecule has 0 amide bonds. The highest BCUT2D eigenvalue weighted by atomic mass is 79.9. The summed E-state index contributed by atoms with van der Waals surface area (Å²) in [5.74, 6) is -0.431. The molecule has 0 spiro atoms. The first-order chi connectivity index (χ1) is 7.68. The summed E-state index contributed by atoms with van der Waals surface area (Å²) >= 11 is 3.24. The van der Waals surface area contributed by atoms with Crippen molar-refractivity contribution < 1.29 is 9.50 Å². The van der Waals surface area contributed by atoms with Gasteiger partial charge in [0.15, 0.2) is 0 Å². The maximum absolute atomic E-state index is 13.5. The number of rotatable bonds is 2. The van der Waals surface area contributed by atoms with Crippen molar-refractivity contribution in [3.63, 3.8) is 0 Å². The Bertz CT molecular complexity index is 490. The number of aliphatic hydroxyl groups is 1. The molecular weight excluding hydrogens is 273 g/mol. The van der Waals surface area contributed by atoms with Crippen LogP contribution in [0.4, 0.5) is 4.39 Å². The standard InChI is InChI=1S/C12H9BrFNO/c13-9-3-4-11(14)10(6-9)12(16)8-2-1-5-15-7-8/h1-7,12,16H/t12-/m0/s1. The summed E-state index contributed by atoms with van der Waals surface area (Å²) in [6.45, 7) is 0. The SMILES string of the molecule is O[C@@H](c1cccnc1)c1cc(Br)ccc1F. The van der Waals surface area contributed by atoms with E-state index in [0.29, 0.717) is 5.56 Å². The van der Waals surface area contributed by atoms with Gasteiger partial charge in [0.1, 0.15) is 11.9 Å². The molecule has 2 rings (SSSR count). The summed E-state index contributed by atoms with van der Waals surface area (Å²) in [5, 5.41) is 10.00. The van der Waals surface area contributed by atoms with Crippen LogP contribution in [0.25, 0.3) is 0 Å². The third-order valence-electron chi connectivity index (χ3n) is 2.25. The van der Waals surface area contributed by atoms with Gasteiger partial charge in [-0.05, 0) is 24.3 Å². The van der Waals surface area contributed by atoms with Gasteiger partial charge in [0, 0.05) is 28.0 Å². The first kappa shape index (κ1) is 11.2. The van der Waals surface area contributed by atoms with E-state index in [-0.39, 0.29) is 5.56 Å². The van der Waals surface area contributed by atoms with Crippen LogP contribution in [0.15, 0.2) is 47.2 Å². The molecule has 0 unspecified atom stereocenters. The van der Waals surface area contributed by atoms with Crippen LogP contribution >= 0.6 is 15.9 Å². The van der Waals surface area contributed by atoms with Crippen molar-refractivity contribution in [2.75, 3.05) is 0 Å². The van der Waals surface area contributed by atoms with Crippen molar-refractivity contribution in [3.05, 3.63) is 64.1 Å². The molecule has 1 heterocycles. The molecule has 0 saturated heterocycles. The van der Waals surface area contributed by atoms with Crippen molar-refractivity contribution in [3.8, 4) is 0 Å². The first-order valence-corrected chi connectivity index (χ1v) is 5.50. The molecule has 0 fully saturated rings. The average Bonchev–Trinajstić information content (AvgIpc) is 2.32. The Morgan fingerprint density at radius 2 is 2.12 bits per heavy atom. The second kappa shape index (κ2) is 4.72. The minimum atomic E-state index is -0.994. The molecule has 1 aromatic carbocycles. The Labute approximate surface area is 101 Å². The van der Waals surface area contributed by atoms with E-state index in [2.05, 4.69) is 20.9 Å². The minimum Gasteiger partial charge on any atom is -0.383 e. The lowest BCUT2D eigenvalue weighted by molar-refractivity contribution is 0.214. The van der Waals surface area contributed by atoms with Crippen LogP contribution in [-0.4, -0.2) is 10.1 Å². The second-order valence-electron chi connectivity index (χ2n) is 3.35. The van der Waals surface area contributed by atoms with Crippen molar-refractivity contribution >= 4 is 15.9 Å². The van der Waals surface area contributed by atoms with Crippen molar-refractivity contribution in [1.29, 1.82) is 0 Å². The Kier molecular flexibility index (Phi) is 3.31. The van der Waals surface area contributed by atoms with Gasteiger partial charge in [-0.25, -0.2) is 4.39 Å². The molecule has 2 aromatic rings. The average molecular weight is 282 g/mol. The van der Waals surface area contributed by atoms with Crippen molar-refractivity contribution in [1.82, 2.24) is 4.98 Å². The largest absolute Gasteiger partial charge is 0.383 e. The van der Waals surface area contributed by atoms with Crippen LogP contribution in [0.3, 0.4) is 0 Å². The smallest absolute Gasteiger partial charge is 0.129 e.